The molecule has 0 saturated carbocycles. The Balaban J connectivity index is 1.90. The van der Waals surface area contributed by atoms with Crippen molar-refractivity contribution in [2.24, 2.45) is 0 Å². The Morgan fingerprint density at radius 1 is 1.21 bits per heavy atom. The minimum atomic E-state index is -0.841. The number of benzene rings is 2. The van der Waals surface area contributed by atoms with E-state index in [-0.39, 0.29) is 17.9 Å². The summed E-state index contributed by atoms with van der Waals surface area (Å²) in [6.45, 7) is 0.954. The van der Waals surface area contributed by atoms with Gasteiger partial charge in [-0.15, -0.1) is 0 Å². The molecule has 2 aromatic carbocycles. The number of amides is 1. The molecule has 3 aromatic rings. The smallest absolute Gasteiger partial charge is 0.221 e. The zero-order valence-electron chi connectivity index (χ0n) is 12.8. The molecule has 0 bridgehead atoms. The SMILES string of the molecule is CC(=O)Nc1ccc(F)c(COc2cccc3cnccc23)c1F. The van der Waals surface area contributed by atoms with E-state index in [4.69, 9.17) is 4.74 Å². The third kappa shape index (κ3) is 3.17. The summed E-state index contributed by atoms with van der Waals surface area (Å²) >= 11 is 0. The van der Waals surface area contributed by atoms with Crippen LogP contribution in [-0.4, -0.2) is 10.9 Å². The molecule has 0 aliphatic heterocycles. The number of carbonyl (C=O) groups is 1. The summed E-state index contributed by atoms with van der Waals surface area (Å²) in [6, 6.07) is 9.41. The first-order valence-corrected chi connectivity index (χ1v) is 7.26. The highest BCUT2D eigenvalue weighted by Gasteiger charge is 2.15. The van der Waals surface area contributed by atoms with Crippen LogP contribution in [-0.2, 0) is 11.4 Å². The zero-order valence-corrected chi connectivity index (χ0v) is 12.8. The van der Waals surface area contributed by atoms with Crippen molar-refractivity contribution >= 4 is 22.4 Å². The van der Waals surface area contributed by atoms with Gasteiger partial charge in [-0.3, -0.25) is 9.78 Å². The molecule has 0 atom stereocenters. The van der Waals surface area contributed by atoms with E-state index in [1.165, 1.54) is 13.0 Å². The molecule has 6 heteroatoms. The molecule has 1 N–H and O–H groups in total. The van der Waals surface area contributed by atoms with E-state index in [0.29, 0.717) is 5.75 Å². The summed E-state index contributed by atoms with van der Waals surface area (Å²) in [5, 5.41) is 3.99. The van der Waals surface area contributed by atoms with Gasteiger partial charge in [0.05, 0.1) is 11.3 Å². The van der Waals surface area contributed by atoms with E-state index in [9.17, 15) is 13.6 Å². The van der Waals surface area contributed by atoms with Crippen LogP contribution in [0.1, 0.15) is 12.5 Å². The van der Waals surface area contributed by atoms with Gasteiger partial charge in [0.25, 0.3) is 0 Å². The maximum atomic E-state index is 14.4. The van der Waals surface area contributed by atoms with Crippen LogP contribution in [0.2, 0.25) is 0 Å². The zero-order chi connectivity index (χ0) is 17.1. The van der Waals surface area contributed by atoms with Crippen molar-refractivity contribution in [2.75, 3.05) is 5.32 Å². The quantitative estimate of drug-likeness (QED) is 0.786. The summed E-state index contributed by atoms with van der Waals surface area (Å²) in [5.41, 5.74) is -0.322. The van der Waals surface area contributed by atoms with Crippen LogP contribution in [0.25, 0.3) is 10.8 Å². The number of hydrogen-bond donors (Lipinski definition) is 1. The van der Waals surface area contributed by atoms with Gasteiger partial charge in [-0.2, -0.15) is 0 Å². The number of nitrogens with one attached hydrogen (secondary N) is 1. The lowest BCUT2D eigenvalue weighted by atomic mass is 10.1. The molecule has 0 fully saturated rings. The van der Waals surface area contributed by atoms with Gasteiger partial charge < -0.3 is 10.1 Å². The Morgan fingerprint density at radius 2 is 2.04 bits per heavy atom. The van der Waals surface area contributed by atoms with E-state index in [1.807, 2.05) is 6.07 Å². The lowest BCUT2D eigenvalue weighted by molar-refractivity contribution is -0.114. The number of nitrogens with zero attached hydrogens (tertiary/aromatic N) is 1. The van der Waals surface area contributed by atoms with Gasteiger partial charge in [0.1, 0.15) is 18.2 Å². The standard InChI is InChI=1S/C18H14F2N2O2/c1-11(23)22-16-6-5-15(19)14(18(16)20)10-24-17-4-2-3-12-9-21-8-7-13(12)17/h2-9H,10H2,1H3,(H,22,23). The summed E-state index contributed by atoms with van der Waals surface area (Å²) in [6.07, 6.45) is 3.30. The lowest BCUT2D eigenvalue weighted by Crippen LogP contribution is -2.11. The number of hydrogen-bond acceptors (Lipinski definition) is 3. The predicted octanol–water partition coefficient (Wildman–Crippen LogP) is 4.05. The van der Waals surface area contributed by atoms with Crippen LogP contribution in [0.3, 0.4) is 0 Å². The summed E-state index contributed by atoms with van der Waals surface area (Å²) in [4.78, 5) is 15.1. The highest BCUT2D eigenvalue weighted by atomic mass is 19.1. The van der Waals surface area contributed by atoms with Crippen molar-refractivity contribution in [3.8, 4) is 5.75 Å². The van der Waals surface area contributed by atoms with Gasteiger partial charge in [-0.1, -0.05) is 12.1 Å². The maximum absolute atomic E-state index is 14.4. The number of fused-ring (bicyclic) bond motifs is 1. The molecule has 1 aromatic heterocycles. The molecule has 0 spiro atoms. The van der Waals surface area contributed by atoms with Crippen molar-refractivity contribution in [1.82, 2.24) is 4.98 Å². The number of halogens is 2. The van der Waals surface area contributed by atoms with Crippen LogP contribution >= 0.6 is 0 Å². The molecule has 0 saturated heterocycles. The average molecular weight is 328 g/mol. The van der Waals surface area contributed by atoms with Gasteiger partial charge >= 0.3 is 0 Å². The number of rotatable bonds is 4. The summed E-state index contributed by atoms with van der Waals surface area (Å²) < 4.78 is 33.9. The Labute approximate surface area is 137 Å². The van der Waals surface area contributed by atoms with Gasteiger partial charge in [0.15, 0.2) is 5.82 Å². The van der Waals surface area contributed by atoms with Crippen molar-refractivity contribution < 1.29 is 18.3 Å². The fourth-order valence-corrected chi connectivity index (χ4v) is 2.38. The molecule has 0 radical (unpaired) electrons. The number of ether oxygens (including phenoxy) is 1. The molecule has 122 valence electrons. The summed E-state index contributed by atoms with van der Waals surface area (Å²) in [5.74, 6) is -1.51. The number of aromatic nitrogens is 1. The number of pyridine rings is 1. The molecule has 0 aliphatic rings. The molecular weight excluding hydrogens is 314 g/mol. The van der Waals surface area contributed by atoms with Crippen molar-refractivity contribution in [2.45, 2.75) is 13.5 Å². The molecule has 3 rings (SSSR count). The third-order valence-corrected chi connectivity index (χ3v) is 3.51. The number of anilines is 1. The molecule has 4 nitrogen and oxygen atoms in total. The first kappa shape index (κ1) is 15.9. The topological polar surface area (TPSA) is 51.2 Å². The second-order valence-electron chi connectivity index (χ2n) is 5.21. The van der Waals surface area contributed by atoms with E-state index < -0.39 is 17.5 Å². The Kier molecular flexibility index (Phi) is 4.37. The molecule has 0 unspecified atom stereocenters. The van der Waals surface area contributed by atoms with Gasteiger partial charge in [0.2, 0.25) is 5.91 Å². The van der Waals surface area contributed by atoms with Crippen LogP contribution in [0.4, 0.5) is 14.5 Å². The fraction of sp³-hybridized carbons (Fsp3) is 0.111. The molecule has 0 aliphatic carbocycles. The third-order valence-electron chi connectivity index (χ3n) is 3.51. The maximum Gasteiger partial charge on any atom is 0.221 e. The second-order valence-corrected chi connectivity index (χ2v) is 5.21. The van der Waals surface area contributed by atoms with Crippen LogP contribution < -0.4 is 10.1 Å². The molecule has 1 heterocycles. The number of carbonyl (C=O) groups excluding carboxylic acids is 1. The lowest BCUT2D eigenvalue weighted by Gasteiger charge is -2.12. The normalized spacial score (nSPS) is 10.6. The first-order chi connectivity index (χ1) is 11.6. The highest BCUT2D eigenvalue weighted by Crippen LogP contribution is 2.27. The fourth-order valence-electron chi connectivity index (χ4n) is 2.38. The van der Waals surface area contributed by atoms with Gasteiger partial charge in [0, 0.05) is 30.1 Å². The highest BCUT2D eigenvalue weighted by molar-refractivity contribution is 5.89. The monoisotopic (exact) mass is 328 g/mol. The van der Waals surface area contributed by atoms with E-state index in [1.54, 1.807) is 30.6 Å². The summed E-state index contributed by atoms with van der Waals surface area (Å²) in [7, 11) is 0. The minimum Gasteiger partial charge on any atom is -0.488 e. The molecular formula is C18H14F2N2O2. The predicted molar refractivity (Wildman–Crippen MR) is 86.7 cm³/mol. The largest absolute Gasteiger partial charge is 0.488 e. The van der Waals surface area contributed by atoms with E-state index in [2.05, 4.69) is 10.3 Å². The van der Waals surface area contributed by atoms with Gasteiger partial charge in [-0.25, -0.2) is 8.78 Å². The Bertz CT molecular complexity index is 907. The van der Waals surface area contributed by atoms with E-state index >= 15 is 0 Å². The van der Waals surface area contributed by atoms with Gasteiger partial charge in [-0.05, 0) is 24.3 Å². The minimum absolute atomic E-state index is 0.0791. The first-order valence-electron chi connectivity index (χ1n) is 7.26. The van der Waals surface area contributed by atoms with E-state index in [0.717, 1.165) is 16.8 Å². The van der Waals surface area contributed by atoms with Crippen molar-refractivity contribution in [1.29, 1.82) is 0 Å². The Hall–Kier alpha value is -3.02. The average Bonchev–Trinajstić information content (AvgIpc) is 2.57. The van der Waals surface area contributed by atoms with Crippen LogP contribution in [0.5, 0.6) is 5.75 Å². The van der Waals surface area contributed by atoms with Crippen molar-refractivity contribution in [3.05, 3.63) is 66.0 Å². The Morgan fingerprint density at radius 3 is 2.83 bits per heavy atom. The van der Waals surface area contributed by atoms with Crippen molar-refractivity contribution in [3.63, 3.8) is 0 Å². The molecule has 24 heavy (non-hydrogen) atoms. The second kappa shape index (κ2) is 6.62. The molecule has 1 amide bonds. The van der Waals surface area contributed by atoms with Crippen LogP contribution in [0.15, 0.2) is 48.8 Å². The van der Waals surface area contributed by atoms with Crippen LogP contribution in [0, 0.1) is 11.6 Å².